The summed E-state index contributed by atoms with van der Waals surface area (Å²) in [5, 5.41) is 0.366. The zero-order valence-electron chi connectivity index (χ0n) is 8.24. The number of nitrogens with one attached hydrogen (secondary N) is 1. The molecule has 1 unspecified atom stereocenters. The van der Waals surface area contributed by atoms with Crippen LogP contribution in [0.5, 0.6) is 0 Å². The molecule has 0 saturated carbocycles. The summed E-state index contributed by atoms with van der Waals surface area (Å²) in [7, 11) is 0. The van der Waals surface area contributed by atoms with Crippen LogP contribution in [0.3, 0.4) is 0 Å². The predicted molar refractivity (Wildman–Crippen MR) is 66.8 cm³/mol. The number of hydrogen-bond acceptors (Lipinski definition) is 4. The highest BCUT2D eigenvalue weighted by atomic mass is 35.5. The van der Waals surface area contributed by atoms with Crippen molar-refractivity contribution < 1.29 is 4.42 Å². The van der Waals surface area contributed by atoms with Crippen LogP contribution in [0.15, 0.2) is 28.9 Å². The Morgan fingerprint density at radius 1 is 1.38 bits per heavy atom. The molecule has 0 aromatic carbocycles. The lowest BCUT2D eigenvalue weighted by Crippen LogP contribution is -2.29. The van der Waals surface area contributed by atoms with E-state index in [1.165, 1.54) is 11.3 Å². The summed E-state index contributed by atoms with van der Waals surface area (Å²) >= 11 is 13.3. The molecule has 0 radical (unpaired) electrons. The second-order valence-electron chi connectivity index (χ2n) is 3.28. The smallest absolute Gasteiger partial charge is 0.197 e. The lowest BCUT2D eigenvalue weighted by atomic mass is 10.1. The first kappa shape index (κ1) is 12.0. The third-order valence-electron chi connectivity index (χ3n) is 2.26. The van der Waals surface area contributed by atoms with Gasteiger partial charge in [0, 0.05) is 16.9 Å². The van der Waals surface area contributed by atoms with Gasteiger partial charge in [0.2, 0.25) is 0 Å². The maximum absolute atomic E-state index is 5.90. The SMILES string of the molecule is NNC(Cc1ccc(Cl)s1)c1ccoc1Cl. The Kier molecular flexibility index (Phi) is 3.89. The molecule has 2 aromatic heterocycles. The van der Waals surface area contributed by atoms with Crippen molar-refractivity contribution in [1.29, 1.82) is 0 Å². The van der Waals surface area contributed by atoms with Crippen molar-refractivity contribution in [1.82, 2.24) is 5.43 Å². The van der Waals surface area contributed by atoms with Crippen molar-refractivity contribution in [2.24, 2.45) is 5.84 Å². The van der Waals surface area contributed by atoms with Gasteiger partial charge in [0.15, 0.2) is 5.22 Å². The summed E-state index contributed by atoms with van der Waals surface area (Å²) in [6, 6.07) is 5.58. The molecule has 0 aliphatic carbocycles. The molecule has 0 aliphatic heterocycles. The van der Waals surface area contributed by atoms with Crippen molar-refractivity contribution in [3.63, 3.8) is 0 Å². The van der Waals surface area contributed by atoms with E-state index in [-0.39, 0.29) is 6.04 Å². The number of hydrazine groups is 1. The van der Waals surface area contributed by atoms with E-state index < -0.39 is 0 Å². The monoisotopic (exact) mass is 276 g/mol. The van der Waals surface area contributed by atoms with E-state index in [1.54, 1.807) is 6.26 Å². The highest BCUT2D eigenvalue weighted by Crippen LogP contribution is 2.29. The third kappa shape index (κ3) is 2.59. The first-order chi connectivity index (χ1) is 7.70. The summed E-state index contributed by atoms with van der Waals surface area (Å²) in [5.41, 5.74) is 3.58. The molecule has 2 rings (SSSR count). The quantitative estimate of drug-likeness (QED) is 0.665. The largest absolute Gasteiger partial charge is 0.453 e. The molecule has 0 spiro atoms. The van der Waals surface area contributed by atoms with Crippen LogP contribution in [0.4, 0.5) is 0 Å². The van der Waals surface area contributed by atoms with Gasteiger partial charge in [-0.15, -0.1) is 11.3 Å². The van der Waals surface area contributed by atoms with Gasteiger partial charge in [-0.1, -0.05) is 11.6 Å². The first-order valence-corrected chi connectivity index (χ1v) is 6.21. The average molecular weight is 277 g/mol. The van der Waals surface area contributed by atoms with Crippen LogP contribution < -0.4 is 11.3 Å². The minimum absolute atomic E-state index is 0.0685. The van der Waals surface area contributed by atoms with E-state index in [4.69, 9.17) is 33.5 Å². The summed E-state index contributed by atoms with van der Waals surface area (Å²) in [5.74, 6) is 5.51. The fourth-order valence-corrected chi connectivity index (χ4v) is 2.85. The summed E-state index contributed by atoms with van der Waals surface area (Å²) in [6.07, 6.45) is 2.27. The van der Waals surface area contributed by atoms with E-state index in [2.05, 4.69) is 5.43 Å². The van der Waals surface area contributed by atoms with E-state index in [9.17, 15) is 0 Å². The van der Waals surface area contributed by atoms with Crippen LogP contribution in [0, 0.1) is 0 Å². The van der Waals surface area contributed by atoms with Crippen molar-refractivity contribution in [2.75, 3.05) is 0 Å². The minimum atomic E-state index is -0.0685. The fourth-order valence-electron chi connectivity index (χ4n) is 1.48. The Morgan fingerprint density at radius 2 is 2.19 bits per heavy atom. The van der Waals surface area contributed by atoms with E-state index in [0.717, 1.165) is 21.2 Å². The molecule has 0 fully saturated rings. The van der Waals surface area contributed by atoms with E-state index in [1.807, 2.05) is 18.2 Å². The molecule has 1 atom stereocenters. The van der Waals surface area contributed by atoms with Gasteiger partial charge in [-0.2, -0.15) is 0 Å². The molecule has 2 heterocycles. The highest BCUT2D eigenvalue weighted by molar-refractivity contribution is 7.16. The number of thiophene rings is 1. The van der Waals surface area contributed by atoms with Crippen LogP contribution in [0.25, 0.3) is 0 Å². The molecule has 0 amide bonds. The number of rotatable bonds is 4. The molecule has 0 bridgehead atoms. The van der Waals surface area contributed by atoms with Gasteiger partial charge in [0.25, 0.3) is 0 Å². The third-order valence-corrected chi connectivity index (χ3v) is 3.82. The summed E-state index contributed by atoms with van der Waals surface area (Å²) in [6.45, 7) is 0. The van der Waals surface area contributed by atoms with Crippen LogP contribution in [-0.2, 0) is 6.42 Å². The number of halogens is 2. The van der Waals surface area contributed by atoms with Gasteiger partial charge in [-0.05, 0) is 29.8 Å². The molecule has 2 aromatic rings. The standard InChI is InChI=1S/C10H10Cl2N2OS/c11-9-2-1-6(16-9)5-8(14-13)7-3-4-15-10(7)12/h1-4,8,14H,5,13H2. The van der Waals surface area contributed by atoms with Crippen molar-refractivity contribution in [3.8, 4) is 0 Å². The number of furan rings is 1. The first-order valence-electron chi connectivity index (χ1n) is 4.64. The highest BCUT2D eigenvalue weighted by Gasteiger charge is 2.16. The van der Waals surface area contributed by atoms with Crippen molar-refractivity contribution in [2.45, 2.75) is 12.5 Å². The second-order valence-corrected chi connectivity index (χ2v) is 5.42. The van der Waals surface area contributed by atoms with Gasteiger partial charge in [-0.25, -0.2) is 0 Å². The van der Waals surface area contributed by atoms with Gasteiger partial charge in [0.05, 0.1) is 16.6 Å². The van der Waals surface area contributed by atoms with Crippen LogP contribution in [0.2, 0.25) is 9.56 Å². The Labute approximate surface area is 107 Å². The Bertz CT molecular complexity index is 469. The number of nitrogens with two attached hydrogens (primary N) is 1. The maximum Gasteiger partial charge on any atom is 0.197 e. The van der Waals surface area contributed by atoms with Crippen molar-refractivity contribution >= 4 is 34.5 Å². The van der Waals surface area contributed by atoms with Gasteiger partial charge in [-0.3, -0.25) is 11.3 Å². The van der Waals surface area contributed by atoms with E-state index in [0.29, 0.717) is 5.22 Å². The van der Waals surface area contributed by atoms with Crippen LogP contribution in [0.1, 0.15) is 16.5 Å². The maximum atomic E-state index is 5.90. The summed E-state index contributed by atoms with van der Waals surface area (Å²) in [4.78, 5) is 1.14. The lowest BCUT2D eigenvalue weighted by Gasteiger charge is -2.13. The number of hydrogen-bond donors (Lipinski definition) is 2. The molecule has 0 aliphatic rings. The molecular weight excluding hydrogens is 267 g/mol. The van der Waals surface area contributed by atoms with Crippen molar-refractivity contribution in [3.05, 3.63) is 44.5 Å². The second kappa shape index (κ2) is 5.21. The minimum Gasteiger partial charge on any atom is -0.453 e. The lowest BCUT2D eigenvalue weighted by molar-refractivity contribution is 0.529. The Morgan fingerprint density at radius 3 is 2.69 bits per heavy atom. The average Bonchev–Trinajstić information content (AvgIpc) is 2.84. The van der Waals surface area contributed by atoms with Gasteiger partial charge < -0.3 is 4.42 Å². The zero-order chi connectivity index (χ0) is 11.5. The van der Waals surface area contributed by atoms with Gasteiger partial charge in [0.1, 0.15) is 0 Å². The molecule has 16 heavy (non-hydrogen) atoms. The molecular formula is C10H10Cl2N2OS. The normalized spacial score (nSPS) is 12.9. The Hall–Kier alpha value is -0.520. The molecule has 6 heteroatoms. The molecule has 0 saturated heterocycles. The van der Waals surface area contributed by atoms with Crippen LogP contribution >= 0.6 is 34.5 Å². The molecule has 3 N–H and O–H groups in total. The van der Waals surface area contributed by atoms with E-state index >= 15 is 0 Å². The Balaban J connectivity index is 2.15. The fraction of sp³-hybridized carbons (Fsp3) is 0.200. The zero-order valence-corrected chi connectivity index (χ0v) is 10.6. The topological polar surface area (TPSA) is 51.2 Å². The van der Waals surface area contributed by atoms with Crippen LogP contribution in [-0.4, -0.2) is 0 Å². The van der Waals surface area contributed by atoms with Gasteiger partial charge >= 0.3 is 0 Å². The predicted octanol–water partition coefficient (Wildman–Crippen LogP) is 3.40. The molecule has 86 valence electrons. The summed E-state index contributed by atoms with van der Waals surface area (Å²) < 4.78 is 5.81. The molecule has 3 nitrogen and oxygen atoms in total.